The van der Waals surface area contributed by atoms with Crippen LogP contribution in [0.15, 0.2) is 0 Å². The van der Waals surface area contributed by atoms with Crippen molar-refractivity contribution in [1.82, 2.24) is 0 Å². The van der Waals surface area contributed by atoms with Crippen molar-refractivity contribution < 1.29 is 0 Å². The Kier molecular flexibility index (Phi) is 4.78. The molecule has 0 atom stereocenters. The zero-order chi connectivity index (χ0) is 8.20. The third kappa shape index (κ3) is 4.45. The highest BCUT2D eigenvalue weighted by atomic mass is 33.1. The van der Waals surface area contributed by atoms with E-state index in [1.165, 1.54) is 22.6 Å². The number of nitriles is 1. The Hall–Kier alpha value is 0.630. The molecule has 0 aromatic carbocycles. The van der Waals surface area contributed by atoms with Crippen LogP contribution in [0.5, 0.6) is 0 Å². The Bertz CT molecular complexity index is 169. The predicted molar refractivity (Wildman–Crippen MR) is 56.5 cm³/mol. The molecule has 0 saturated heterocycles. The van der Waals surface area contributed by atoms with E-state index in [0.29, 0.717) is 3.53 Å². The van der Waals surface area contributed by atoms with Crippen LogP contribution in [0, 0.1) is 11.3 Å². The van der Waals surface area contributed by atoms with Crippen molar-refractivity contribution in [2.45, 2.75) is 18.6 Å². The molecule has 0 saturated carbocycles. The highest BCUT2D eigenvalue weighted by Crippen LogP contribution is 2.31. The normalized spacial score (nSPS) is 10.6. The molecule has 0 fully saturated rings. The van der Waals surface area contributed by atoms with Gasteiger partial charge in [-0.05, 0) is 24.6 Å². The van der Waals surface area contributed by atoms with Crippen LogP contribution in [0.1, 0.15) is 13.8 Å². The van der Waals surface area contributed by atoms with Crippen molar-refractivity contribution in [3.8, 4) is 6.07 Å². The lowest BCUT2D eigenvalue weighted by Gasteiger charge is -2.12. The fourth-order valence-corrected chi connectivity index (χ4v) is 2.45. The van der Waals surface area contributed by atoms with Crippen molar-refractivity contribution in [2.75, 3.05) is 0 Å². The number of rotatable bonds is 1. The van der Waals surface area contributed by atoms with Crippen LogP contribution >= 0.6 is 46.4 Å². The summed E-state index contributed by atoms with van der Waals surface area (Å²) in [5, 5.41) is 8.57. The summed E-state index contributed by atoms with van der Waals surface area (Å²) < 4.78 is 0.266. The fourth-order valence-electron chi connectivity index (χ4n) is 0.250. The highest BCUT2D eigenvalue weighted by molar-refractivity contribution is 8.82. The van der Waals surface area contributed by atoms with Crippen molar-refractivity contribution in [3.63, 3.8) is 0 Å². The molecule has 0 rings (SSSR count). The molecule has 5 heteroatoms. The lowest BCUT2D eigenvalue weighted by Crippen LogP contribution is -2.11. The van der Waals surface area contributed by atoms with Gasteiger partial charge in [0.15, 0.2) is 0 Å². The minimum Gasteiger partial charge on any atom is -0.197 e. The van der Waals surface area contributed by atoms with E-state index in [1.807, 2.05) is 13.8 Å². The first-order chi connectivity index (χ1) is 4.52. The van der Waals surface area contributed by atoms with Crippen molar-refractivity contribution in [3.05, 3.63) is 0 Å². The fraction of sp³-hybridized carbons (Fsp3) is 0.600. The summed E-state index contributed by atoms with van der Waals surface area (Å²) in [5.74, 6) is 0. The second-order valence-electron chi connectivity index (χ2n) is 2.07. The molecule has 1 nitrogen and oxygen atoms in total. The maximum Gasteiger partial charge on any atom is 0.116 e. The van der Waals surface area contributed by atoms with Crippen LogP contribution in [0.2, 0.25) is 0 Å². The Balaban J connectivity index is 3.92. The third-order valence-corrected chi connectivity index (χ3v) is 3.89. The molecule has 0 N–H and O–H groups in total. The number of thiol groups is 1. The van der Waals surface area contributed by atoms with Gasteiger partial charge in [0.25, 0.3) is 0 Å². The third-order valence-electron chi connectivity index (χ3n) is 0.682. The zero-order valence-corrected chi connectivity index (χ0v) is 8.96. The van der Waals surface area contributed by atoms with Gasteiger partial charge in [-0.25, -0.2) is 0 Å². The molecule has 0 heterocycles. The van der Waals surface area contributed by atoms with Gasteiger partial charge in [-0.1, -0.05) is 24.0 Å². The van der Waals surface area contributed by atoms with Crippen LogP contribution in [-0.2, 0) is 0 Å². The molecule has 0 amide bonds. The van der Waals surface area contributed by atoms with Gasteiger partial charge in [0.1, 0.15) is 8.28 Å². The minimum absolute atomic E-state index is 0.424. The summed E-state index contributed by atoms with van der Waals surface area (Å²) in [6, 6.07) is 2.13. The summed E-state index contributed by atoms with van der Waals surface area (Å²) in [7, 11) is 1.20. The predicted octanol–water partition coefficient (Wildman–Crippen LogP) is 2.88. The first-order valence-corrected chi connectivity index (χ1v) is 5.57. The molecule has 0 bridgehead atoms. The number of hydrogen-bond donors (Lipinski definition) is 1. The molecule has 10 heavy (non-hydrogen) atoms. The molecule has 0 aromatic heterocycles. The van der Waals surface area contributed by atoms with Gasteiger partial charge >= 0.3 is 0 Å². The van der Waals surface area contributed by atoms with Gasteiger partial charge in [0, 0.05) is 0 Å². The van der Waals surface area contributed by atoms with E-state index in [-0.39, 0.29) is 0 Å². The molecule has 0 spiro atoms. The quantitative estimate of drug-likeness (QED) is 0.407. The summed E-state index contributed by atoms with van der Waals surface area (Å²) in [4.78, 5) is 0. The summed E-state index contributed by atoms with van der Waals surface area (Å²) in [6.45, 7) is 3.65. The Morgan fingerprint density at radius 3 is 2.50 bits per heavy atom. The summed E-state index contributed by atoms with van der Waals surface area (Å²) in [5.41, 5.74) is 0. The topological polar surface area (TPSA) is 23.8 Å². The van der Waals surface area contributed by atoms with E-state index in [0.717, 1.165) is 0 Å². The molecular weight excluding hydrogens is 202 g/mol. The van der Waals surface area contributed by atoms with Crippen molar-refractivity contribution in [2.24, 2.45) is 0 Å². The van der Waals surface area contributed by atoms with E-state index >= 15 is 0 Å². The van der Waals surface area contributed by atoms with Gasteiger partial charge in [0.05, 0.1) is 6.07 Å². The summed E-state index contributed by atoms with van der Waals surface area (Å²) >= 11 is 10.1. The van der Waals surface area contributed by atoms with E-state index < -0.39 is 4.75 Å². The monoisotopic (exact) mass is 209 g/mol. The standard InChI is InChI=1S/C5H7NS4/c1-5(2,3-6)9-4(7)10-8/h8H,1-2H3. The molecule has 0 aliphatic rings. The van der Waals surface area contributed by atoms with Gasteiger partial charge < -0.3 is 0 Å². The maximum atomic E-state index is 8.57. The second-order valence-corrected chi connectivity index (χ2v) is 6.02. The maximum absolute atomic E-state index is 8.57. The van der Waals surface area contributed by atoms with Gasteiger partial charge in [0.2, 0.25) is 0 Å². The highest BCUT2D eigenvalue weighted by Gasteiger charge is 2.19. The first kappa shape index (κ1) is 10.6. The first-order valence-electron chi connectivity index (χ1n) is 2.47. The van der Waals surface area contributed by atoms with E-state index in [4.69, 9.17) is 17.5 Å². The van der Waals surface area contributed by atoms with E-state index in [2.05, 4.69) is 17.7 Å². The lowest BCUT2D eigenvalue weighted by molar-refractivity contribution is 0.921. The van der Waals surface area contributed by atoms with Crippen LogP contribution in [0.3, 0.4) is 0 Å². The Morgan fingerprint density at radius 1 is 1.70 bits per heavy atom. The molecule has 0 aliphatic carbocycles. The molecule has 0 aromatic rings. The number of nitrogens with zero attached hydrogens (tertiary/aromatic N) is 1. The van der Waals surface area contributed by atoms with E-state index in [1.54, 1.807) is 0 Å². The number of thiocarbonyl (C=S) groups is 1. The lowest BCUT2D eigenvalue weighted by atomic mass is 10.2. The van der Waals surface area contributed by atoms with E-state index in [9.17, 15) is 0 Å². The average Bonchev–Trinajstić information content (AvgIpc) is 1.87. The average molecular weight is 209 g/mol. The SMILES string of the molecule is CC(C)(C#N)SC(=S)SS. The minimum atomic E-state index is -0.424. The van der Waals surface area contributed by atoms with Crippen LogP contribution in [0.25, 0.3) is 0 Å². The number of thioether (sulfide) groups is 1. The molecule has 0 aliphatic heterocycles. The molecule has 0 unspecified atom stereocenters. The van der Waals surface area contributed by atoms with Gasteiger partial charge in [-0.15, -0.1) is 11.7 Å². The molecular formula is C5H7NS4. The van der Waals surface area contributed by atoms with Crippen LogP contribution < -0.4 is 0 Å². The van der Waals surface area contributed by atoms with Gasteiger partial charge in [-0.2, -0.15) is 5.26 Å². The number of hydrogen-bond acceptors (Lipinski definition) is 5. The van der Waals surface area contributed by atoms with Crippen molar-refractivity contribution in [1.29, 1.82) is 5.26 Å². The Labute approximate surface area is 79.8 Å². The summed E-state index contributed by atoms with van der Waals surface area (Å²) in [6.07, 6.45) is 0. The van der Waals surface area contributed by atoms with Gasteiger partial charge in [-0.3, -0.25) is 0 Å². The second kappa shape index (κ2) is 4.50. The van der Waals surface area contributed by atoms with Crippen LogP contribution in [-0.4, -0.2) is 8.28 Å². The molecule has 56 valence electrons. The molecule has 0 radical (unpaired) electrons. The van der Waals surface area contributed by atoms with Crippen LogP contribution in [0.4, 0.5) is 0 Å². The largest absolute Gasteiger partial charge is 0.197 e. The zero-order valence-electron chi connectivity index (χ0n) is 5.62. The van der Waals surface area contributed by atoms with Crippen molar-refractivity contribution >= 4 is 50.0 Å². The smallest absolute Gasteiger partial charge is 0.116 e. The Morgan fingerprint density at radius 2 is 2.20 bits per heavy atom.